The Bertz CT molecular complexity index is 182. The van der Waals surface area contributed by atoms with Crippen molar-refractivity contribution >= 4 is 5.91 Å². The molecular weight excluding hydrogens is 178 g/mol. The molecule has 0 aliphatic rings. The molecule has 1 amide bonds. The molecule has 14 heavy (non-hydrogen) atoms. The number of nitrogens with zero attached hydrogens (tertiary/aromatic N) is 1. The van der Waals surface area contributed by atoms with Gasteiger partial charge in [0.15, 0.2) is 0 Å². The van der Waals surface area contributed by atoms with Gasteiger partial charge in [-0.1, -0.05) is 13.8 Å². The molecule has 0 aromatic heterocycles. The summed E-state index contributed by atoms with van der Waals surface area (Å²) in [6, 6.07) is 0. The molecular formula is C11H23NO2. The number of carbonyl (C=O) groups is 1. The van der Waals surface area contributed by atoms with E-state index in [2.05, 4.69) is 13.8 Å². The molecule has 1 N–H and O–H groups in total. The van der Waals surface area contributed by atoms with E-state index in [-0.39, 0.29) is 5.91 Å². The molecule has 0 aromatic rings. The van der Waals surface area contributed by atoms with Crippen LogP contribution in [0.2, 0.25) is 0 Å². The normalized spacial score (nSPS) is 11.9. The Kier molecular flexibility index (Phi) is 5.13. The molecule has 0 saturated heterocycles. The van der Waals surface area contributed by atoms with Crippen molar-refractivity contribution in [1.29, 1.82) is 0 Å². The molecule has 0 rings (SSSR count). The van der Waals surface area contributed by atoms with E-state index < -0.39 is 5.60 Å². The lowest BCUT2D eigenvalue weighted by Gasteiger charge is -2.25. The minimum absolute atomic E-state index is 0.207. The molecule has 0 atom stereocenters. The van der Waals surface area contributed by atoms with Crippen molar-refractivity contribution in [3.63, 3.8) is 0 Å². The van der Waals surface area contributed by atoms with E-state index in [1.807, 2.05) is 0 Å². The zero-order valence-corrected chi connectivity index (χ0v) is 10.0. The lowest BCUT2D eigenvalue weighted by Crippen LogP contribution is -2.43. The summed E-state index contributed by atoms with van der Waals surface area (Å²) < 4.78 is 0. The number of rotatable bonds is 5. The highest BCUT2D eigenvalue weighted by molar-refractivity contribution is 5.83. The maximum atomic E-state index is 11.5. The van der Waals surface area contributed by atoms with Gasteiger partial charge in [-0.05, 0) is 32.6 Å². The largest absolute Gasteiger partial charge is 0.381 e. The minimum atomic E-state index is -1.24. The van der Waals surface area contributed by atoms with Crippen LogP contribution in [0.1, 0.15) is 40.5 Å². The fourth-order valence-electron chi connectivity index (χ4n) is 1.31. The van der Waals surface area contributed by atoms with Gasteiger partial charge in [-0.2, -0.15) is 0 Å². The molecule has 0 unspecified atom stereocenters. The van der Waals surface area contributed by atoms with Crippen LogP contribution >= 0.6 is 0 Å². The van der Waals surface area contributed by atoms with Crippen molar-refractivity contribution in [1.82, 2.24) is 4.90 Å². The van der Waals surface area contributed by atoms with Crippen LogP contribution in [0.3, 0.4) is 0 Å². The SMILES string of the molecule is CC(C)CCCN(C)C(=O)C(C)(C)O. The summed E-state index contributed by atoms with van der Waals surface area (Å²) in [6.07, 6.45) is 2.11. The van der Waals surface area contributed by atoms with Gasteiger partial charge in [0, 0.05) is 13.6 Å². The number of amides is 1. The first-order chi connectivity index (χ1) is 6.25. The van der Waals surface area contributed by atoms with E-state index >= 15 is 0 Å². The second kappa shape index (κ2) is 5.35. The predicted molar refractivity (Wildman–Crippen MR) is 58.0 cm³/mol. The second-order valence-corrected chi connectivity index (χ2v) is 4.82. The van der Waals surface area contributed by atoms with Gasteiger partial charge in [0.25, 0.3) is 5.91 Å². The molecule has 3 heteroatoms. The van der Waals surface area contributed by atoms with Crippen LogP contribution in [0.5, 0.6) is 0 Å². The van der Waals surface area contributed by atoms with E-state index in [1.54, 1.807) is 11.9 Å². The maximum Gasteiger partial charge on any atom is 0.253 e. The summed E-state index contributed by atoms with van der Waals surface area (Å²) in [5, 5.41) is 9.47. The highest BCUT2D eigenvalue weighted by Crippen LogP contribution is 2.08. The fraction of sp³-hybridized carbons (Fsp3) is 0.909. The van der Waals surface area contributed by atoms with Gasteiger partial charge in [0.05, 0.1) is 0 Å². The average Bonchev–Trinajstić information content (AvgIpc) is 2.00. The first-order valence-electron chi connectivity index (χ1n) is 5.23. The fourth-order valence-corrected chi connectivity index (χ4v) is 1.31. The van der Waals surface area contributed by atoms with Crippen LogP contribution in [0.25, 0.3) is 0 Å². The van der Waals surface area contributed by atoms with Crippen LogP contribution in [-0.2, 0) is 4.79 Å². The third-order valence-corrected chi connectivity index (χ3v) is 2.15. The molecule has 3 nitrogen and oxygen atoms in total. The lowest BCUT2D eigenvalue weighted by molar-refractivity contribution is -0.146. The van der Waals surface area contributed by atoms with Gasteiger partial charge in [-0.15, -0.1) is 0 Å². The third-order valence-electron chi connectivity index (χ3n) is 2.15. The standard InChI is InChI=1S/C11H23NO2/c1-9(2)7-6-8-12(5)10(13)11(3,4)14/h9,14H,6-8H2,1-5H3. The Morgan fingerprint density at radius 3 is 2.29 bits per heavy atom. The highest BCUT2D eigenvalue weighted by atomic mass is 16.3. The minimum Gasteiger partial charge on any atom is -0.381 e. The molecule has 0 fully saturated rings. The first-order valence-corrected chi connectivity index (χ1v) is 5.23. The van der Waals surface area contributed by atoms with Crippen molar-refractivity contribution in [2.45, 2.75) is 46.1 Å². The number of aliphatic hydroxyl groups is 1. The molecule has 0 aliphatic carbocycles. The Morgan fingerprint density at radius 2 is 1.93 bits per heavy atom. The zero-order valence-electron chi connectivity index (χ0n) is 10.0. The van der Waals surface area contributed by atoms with Gasteiger partial charge in [-0.25, -0.2) is 0 Å². The molecule has 0 aliphatic heterocycles. The molecule has 0 bridgehead atoms. The van der Waals surface area contributed by atoms with Gasteiger partial charge in [0.2, 0.25) is 0 Å². The third kappa shape index (κ3) is 5.22. The van der Waals surface area contributed by atoms with E-state index in [0.717, 1.165) is 19.4 Å². The predicted octanol–water partition coefficient (Wildman–Crippen LogP) is 1.65. The summed E-state index contributed by atoms with van der Waals surface area (Å²) >= 11 is 0. The van der Waals surface area contributed by atoms with Gasteiger partial charge in [-0.3, -0.25) is 4.79 Å². The highest BCUT2D eigenvalue weighted by Gasteiger charge is 2.26. The Balaban J connectivity index is 3.86. The summed E-state index contributed by atoms with van der Waals surface area (Å²) in [7, 11) is 1.74. The number of likely N-dealkylation sites (N-methyl/N-ethyl adjacent to an activating group) is 1. The van der Waals surface area contributed by atoms with Crippen LogP contribution < -0.4 is 0 Å². The van der Waals surface area contributed by atoms with Crippen LogP contribution in [-0.4, -0.2) is 35.1 Å². The number of hydrogen-bond donors (Lipinski definition) is 1. The van der Waals surface area contributed by atoms with E-state index in [9.17, 15) is 9.90 Å². The van der Waals surface area contributed by atoms with E-state index in [4.69, 9.17) is 0 Å². The van der Waals surface area contributed by atoms with Crippen molar-refractivity contribution in [3.8, 4) is 0 Å². The quantitative estimate of drug-likeness (QED) is 0.734. The molecule has 84 valence electrons. The molecule has 0 spiro atoms. The first kappa shape index (κ1) is 13.4. The Labute approximate surface area is 87.1 Å². The van der Waals surface area contributed by atoms with Crippen molar-refractivity contribution in [3.05, 3.63) is 0 Å². The number of hydrogen-bond acceptors (Lipinski definition) is 2. The van der Waals surface area contributed by atoms with Gasteiger partial charge in [0.1, 0.15) is 5.60 Å². The summed E-state index contributed by atoms with van der Waals surface area (Å²) in [5.41, 5.74) is -1.24. The van der Waals surface area contributed by atoms with Gasteiger partial charge < -0.3 is 10.0 Å². The molecule has 0 saturated carbocycles. The van der Waals surface area contributed by atoms with E-state index in [0.29, 0.717) is 5.92 Å². The summed E-state index contributed by atoms with van der Waals surface area (Å²) in [5.74, 6) is 0.460. The van der Waals surface area contributed by atoms with Crippen LogP contribution in [0, 0.1) is 5.92 Å². The zero-order chi connectivity index (χ0) is 11.4. The van der Waals surface area contributed by atoms with Crippen LogP contribution in [0.4, 0.5) is 0 Å². The second-order valence-electron chi connectivity index (χ2n) is 4.82. The molecule has 0 radical (unpaired) electrons. The van der Waals surface area contributed by atoms with E-state index in [1.165, 1.54) is 13.8 Å². The Hall–Kier alpha value is -0.570. The van der Waals surface area contributed by atoms with Crippen molar-refractivity contribution in [2.24, 2.45) is 5.92 Å². The monoisotopic (exact) mass is 201 g/mol. The Morgan fingerprint density at radius 1 is 1.43 bits per heavy atom. The number of carbonyl (C=O) groups excluding carboxylic acids is 1. The summed E-state index contributed by atoms with van der Waals surface area (Å²) in [6.45, 7) is 8.10. The smallest absolute Gasteiger partial charge is 0.253 e. The summed E-state index contributed by atoms with van der Waals surface area (Å²) in [4.78, 5) is 13.1. The van der Waals surface area contributed by atoms with Crippen molar-refractivity contribution < 1.29 is 9.90 Å². The lowest BCUT2D eigenvalue weighted by atomic mass is 10.1. The molecule has 0 heterocycles. The van der Waals surface area contributed by atoms with Crippen LogP contribution in [0.15, 0.2) is 0 Å². The average molecular weight is 201 g/mol. The maximum absolute atomic E-state index is 11.5. The van der Waals surface area contributed by atoms with Crippen molar-refractivity contribution in [2.75, 3.05) is 13.6 Å². The van der Waals surface area contributed by atoms with Gasteiger partial charge >= 0.3 is 0 Å². The molecule has 0 aromatic carbocycles. The topological polar surface area (TPSA) is 40.5 Å².